The van der Waals surface area contributed by atoms with Crippen LogP contribution >= 0.6 is 27.3 Å². The van der Waals surface area contributed by atoms with Crippen molar-refractivity contribution in [2.24, 2.45) is 0 Å². The maximum absolute atomic E-state index is 11.8. The van der Waals surface area contributed by atoms with E-state index in [9.17, 15) is 14.9 Å². The Morgan fingerprint density at radius 2 is 2.05 bits per heavy atom. The van der Waals surface area contributed by atoms with E-state index in [-0.39, 0.29) is 23.7 Å². The van der Waals surface area contributed by atoms with Crippen LogP contribution in [0.5, 0.6) is 0 Å². The molecule has 19 heavy (non-hydrogen) atoms. The molecule has 0 unspecified atom stereocenters. The minimum atomic E-state index is -0.517. The highest BCUT2D eigenvalue weighted by molar-refractivity contribution is 9.11. The first-order valence-corrected chi connectivity index (χ1v) is 6.94. The molecule has 0 saturated carbocycles. The second-order valence-corrected chi connectivity index (χ2v) is 6.25. The highest BCUT2D eigenvalue weighted by atomic mass is 79.9. The van der Waals surface area contributed by atoms with Gasteiger partial charge in [0.15, 0.2) is 0 Å². The van der Waals surface area contributed by atoms with E-state index in [4.69, 9.17) is 0 Å². The highest BCUT2D eigenvalue weighted by Gasteiger charge is 2.15. The Kier molecular flexibility index (Phi) is 4.28. The van der Waals surface area contributed by atoms with Crippen molar-refractivity contribution in [2.45, 2.75) is 6.42 Å². The van der Waals surface area contributed by atoms with Gasteiger partial charge in [0.1, 0.15) is 5.69 Å². The second-order valence-electron chi connectivity index (χ2n) is 3.71. The SMILES string of the molecule is O=C(Cc1ccc(Br)s1)Nc1ccccc1[N+](=O)[O-]. The summed E-state index contributed by atoms with van der Waals surface area (Å²) in [5, 5.41) is 13.4. The zero-order valence-electron chi connectivity index (χ0n) is 9.63. The summed E-state index contributed by atoms with van der Waals surface area (Å²) in [6.07, 6.45) is 0.197. The maximum Gasteiger partial charge on any atom is 0.292 e. The molecule has 1 heterocycles. The number of nitro benzene ring substituents is 1. The number of nitro groups is 1. The Hall–Kier alpha value is -1.73. The Morgan fingerprint density at radius 3 is 2.68 bits per heavy atom. The zero-order chi connectivity index (χ0) is 13.8. The third-order valence-electron chi connectivity index (χ3n) is 2.34. The summed E-state index contributed by atoms with van der Waals surface area (Å²) in [5.74, 6) is -0.274. The van der Waals surface area contributed by atoms with Crippen molar-refractivity contribution in [3.05, 3.63) is 55.2 Å². The molecule has 1 aromatic carbocycles. The van der Waals surface area contributed by atoms with Crippen LogP contribution < -0.4 is 5.32 Å². The topological polar surface area (TPSA) is 72.2 Å². The normalized spacial score (nSPS) is 10.2. The van der Waals surface area contributed by atoms with E-state index in [1.165, 1.54) is 23.5 Å². The Morgan fingerprint density at radius 1 is 1.32 bits per heavy atom. The average Bonchev–Trinajstić information content (AvgIpc) is 2.75. The van der Waals surface area contributed by atoms with E-state index in [1.54, 1.807) is 12.1 Å². The molecular weight excluding hydrogens is 332 g/mol. The van der Waals surface area contributed by atoms with Crippen LogP contribution in [0.2, 0.25) is 0 Å². The summed E-state index contributed by atoms with van der Waals surface area (Å²) >= 11 is 4.78. The summed E-state index contributed by atoms with van der Waals surface area (Å²) in [7, 11) is 0. The van der Waals surface area contributed by atoms with Crippen molar-refractivity contribution in [3.63, 3.8) is 0 Å². The van der Waals surface area contributed by atoms with Crippen LogP contribution in [-0.4, -0.2) is 10.8 Å². The first-order chi connectivity index (χ1) is 9.06. The number of amides is 1. The van der Waals surface area contributed by atoms with Gasteiger partial charge in [-0.15, -0.1) is 11.3 Å². The molecule has 1 amide bonds. The number of carbonyl (C=O) groups is 1. The zero-order valence-corrected chi connectivity index (χ0v) is 12.0. The molecule has 0 fully saturated rings. The highest BCUT2D eigenvalue weighted by Crippen LogP contribution is 2.25. The van der Waals surface area contributed by atoms with Gasteiger partial charge in [-0.2, -0.15) is 0 Å². The lowest BCUT2D eigenvalue weighted by molar-refractivity contribution is -0.383. The second kappa shape index (κ2) is 5.94. The van der Waals surface area contributed by atoms with Crippen LogP contribution in [0.3, 0.4) is 0 Å². The lowest BCUT2D eigenvalue weighted by atomic mass is 10.2. The van der Waals surface area contributed by atoms with Gasteiger partial charge in [-0.3, -0.25) is 14.9 Å². The lowest BCUT2D eigenvalue weighted by Crippen LogP contribution is -2.14. The van der Waals surface area contributed by atoms with Crippen LogP contribution in [0.1, 0.15) is 4.88 Å². The van der Waals surface area contributed by atoms with Crippen molar-refractivity contribution in [2.75, 3.05) is 5.32 Å². The molecule has 98 valence electrons. The predicted octanol–water partition coefficient (Wildman–Crippen LogP) is 3.60. The van der Waals surface area contributed by atoms with Crippen LogP contribution in [0.15, 0.2) is 40.2 Å². The number of para-hydroxylation sites is 2. The molecule has 1 aromatic heterocycles. The number of thiophene rings is 1. The third kappa shape index (κ3) is 3.62. The smallest absolute Gasteiger partial charge is 0.292 e. The summed E-state index contributed by atoms with van der Waals surface area (Å²) < 4.78 is 0.945. The van der Waals surface area contributed by atoms with Crippen LogP contribution in [-0.2, 0) is 11.2 Å². The van der Waals surface area contributed by atoms with Gasteiger partial charge >= 0.3 is 0 Å². The number of nitrogens with one attached hydrogen (secondary N) is 1. The molecule has 2 aromatic rings. The first-order valence-electron chi connectivity index (χ1n) is 5.34. The number of nitrogens with zero attached hydrogens (tertiary/aromatic N) is 1. The van der Waals surface area contributed by atoms with E-state index >= 15 is 0 Å². The van der Waals surface area contributed by atoms with Crippen molar-refractivity contribution >= 4 is 44.5 Å². The number of carbonyl (C=O) groups excluding carboxylic acids is 1. The van der Waals surface area contributed by atoms with Gasteiger partial charge < -0.3 is 5.32 Å². The van der Waals surface area contributed by atoms with E-state index < -0.39 is 4.92 Å². The molecule has 0 aliphatic heterocycles. The van der Waals surface area contributed by atoms with E-state index in [1.807, 2.05) is 12.1 Å². The van der Waals surface area contributed by atoms with E-state index in [0.717, 1.165) is 8.66 Å². The van der Waals surface area contributed by atoms with Gasteiger partial charge in [0.2, 0.25) is 5.91 Å². The van der Waals surface area contributed by atoms with Crippen LogP contribution in [0, 0.1) is 10.1 Å². The van der Waals surface area contributed by atoms with E-state index in [0.29, 0.717) is 0 Å². The van der Waals surface area contributed by atoms with Crippen molar-refractivity contribution in [3.8, 4) is 0 Å². The first kappa shape index (κ1) is 13.7. The number of hydrogen-bond acceptors (Lipinski definition) is 4. The molecule has 0 aliphatic carbocycles. The van der Waals surface area contributed by atoms with Crippen molar-refractivity contribution in [1.82, 2.24) is 0 Å². The third-order valence-corrected chi connectivity index (χ3v) is 3.96. The number of hydrogen-bond donors (Lipinski definition) is 1. The number of rotatable bonds is 4. The van der Waals surface area contributed by atoms with Crippen molar-refractivity contribution < 1.29 is 9.72 Å². The van der Waals surface area contributed by atoms with E-state index in [2.05, 4.69) is 21.2 Å². The number of benzene rings is 1. The van der Waals surface area contributed by atoms with Crippen molar-refractivity contribution in [1.29, 1.82) is 0 Å². The lowest BCUT2D eigenvalue weighted by Gasteiger charge is -2.04. The molecule has 0 spiro atoms. The summed E-state index contributed by atoms with van der Waals surface area (Å²) in [5.41, 5.74) is 0.108. The molecule has 0 atom stereocenters. The van der Waals surface area contributed by atoms with Gasteiger partial charge in [-0.05, 0) is 34.1 Å². The number of anilines is 1. The number of halogens is 1. The fourth-order valence-electron chi connectivity index (χ4n) is 1.54. The quantitative estimate of drug-likeness (QED) is 0.682. The fourth-order valence-corrected chi connectivity index (χ4v) is 3.02. The molecule has 0 aliphatic rings. The summed E-state index contributed by atoms with van der Waals surface area (Å²) in [6.45, 7) is 0. The Bertz CT molecular complexity index is 627. The van der Waals surface area contributed by atoms with Gasteiger partial charge in [0, 0.05) is 10.9 Å². The standard InChI is InChI=1S/C12H9BrN2O3S/c13-11-6-5-8(19-11)7-12(16)14-9-3-1-2-4-10(9)15(17)18/h1-6H,7H2,(H,14,16). The molecule has 7 heteroatoms. The van der Waals surface area contributed by atoms with Crippen LogP contribution in [0.4, 0.5) is 11.4 Å². The monoisotopic (exact) mass is 340 g/mol. The molecular formula is C12H9BrN2O3S. The minimum absolute atomic E-state index is 0.108. The van der Waals surface area contributed by atoms with Gasteiger partial charge in [-0.1, -0.05) is 12.1 Å². The molecule has 5 nitrogen and oxygen atoms in total. The van der Waals surface area contributed by atoms with Gasteiger partial charge in [0.05, 0.1) is 15.1 Å². The maximum atomic E-state index is 11.8. The fraction of sp³-hybridized carbons (Fsp3) is 0.0833. The van der Waals surface area contributed by atoms with Gasteiger partial charge in [-0.25, -0.2) is 0 Å². The molecule has 0 saturated heterocycles. The minimum Gasteiger partial charge on any atom is -0.320 e. The Balaban J connectivity index is 2.09. The molecule has 0 bridgehead atoms. The van der Waals surface area contributed by atoms with Gasteiger partial charge in [0.25, 0.3) is 5.69 Å². The largest absolute Gasteiger partial charge is 0.320 e. The molecule has 0 radical (unpaired) electrons. The predicted molar refractivity (Wildman–Crippen MR) is 77.4 cm³/mol. The molecule has 2 rings (SSSR count). The Labute approximate surface area is 121 Å². The summed E-state index contributed by atoms with van der Waals surface area (Å²) in [4.78, 5) is 23.0. The summed E-state index contributed by atoms with van der Waals surface area (Å²) in [6, 6.07) is 9.78. The average molecular weight is 341 g/mol. The van der Waals surface area contributed by atoms with Crippen LogP contribution in [0.25, 0.3) is 0 Å². The molecule has 1 N–H and O–H groups in total.